The molecule has 20 heavy (non-hydrogen) atoms. The molecule has 1 unspecified atom stereocenters. The average molecular weight is 271 g/mol. The van der Waals surface area contributed by atoms with Gasteiger partial charge in [0.1, 0.15) is 0 Å². The quantitative estimate of drug-likeness (QED) is 0.930. The van der Waals surface area contributed by atoms with E-state index < -0.39 is 0 Å². The monoisotopic (exact) mass is 271 g/mol. The Bertz CT molecular complexity index is 566. The van der Waals surface area contributed by atoms with E-state index >= 15 is 0 Å². The molecule has 2 heterocycles. The Balaban J connectivity index is 1.73. The normalized spacial score (nSPS) is 23.9. The van der Waals surface area contributed by atoms with Crippen LogP contribution in [-0.4, -0.2) is 29.7 Å². The molecule has 3 rings (SSSR count). The highest BCUT2D eigenvalue weighted by Gasteiger charge is 2.32. The van der Waals surface area contributed by atoms with E-state index in [1.54, 1.807) is 0 Å². The molecule has 1 atom stereocenters. The first-order valence-electron chi connectivity index (χ1n) is 7.11. The molecular weight excluding hydrogens is 250 g/mol. The molecule has 1 aromatic carbocycles. The zero-order chi connectivity index (χ0) is 14.0. The van der Waals surface area contributed by atoms with Gasteiger partial charge in [0.05, 0.1) is 17.8 Å². The van der Waals surface area contributed by atoms with Crippen LogP contribution in [0.5, 0.6) is 0 Å². The average Bonchev–Trinajstić information content (AvgIpc) is 2.85. The summed E-state index contributed by atoms with van der Waals surface area (Å²) in [6, 6.07) is 12.7. The Morgan fingerprint density at radius 3 is 2.85 bits per heavy atom. The predicted molar refractivity (Wildman–Crippen MR) is 78.3 cm³/mol. The lowest BCUT2D eigenvalue weighted by atomic mass is 9.89. The number of aromatic nitrogens is 1. The third-order valence-corrected chi connectivity index (χ3v) is 3.95. The summed E-state index contributed by atoms with van der Waals surface area (Å²) < 4.78 is 5.33. The third-order valence-electron chi connectivity index (χ3n) is 3.95. The Morgan fingerprint density at radius 1 is 1.35 bits per heavy atom. The maximum Gasteiger partial charge on any atom is 0.150 e. The van der Waals surface area contributed by atoms with Gasteiger partial charge in [-0.25, -0.2) is 0 Å². The van der Waals surface area contributed by atoms with E-state index in [0.717, 1.165) is 37.6 Å². The fourth-order valence-corrected chi connectivity index (χ4v) is 2.92. The SMILES string of the molecule is Cc1cc(CN2CCNC(C)(c3ccccc3)C2)on1. The lowest BCUT2D eigenvalue weighted by molar-refractivity contribution is 0.125. The van der Waals surface area contributed by atoms with Gasteiger partial charge in [0.2, 0.25) is 0 Å². The Hall–Kier alpha value is -1.65. The van der Waals surface area contributed by atoms with Crippen LogP contribution in [0, 0.1) is 6.92 Å². The molecule has 1 aliphatic rings. The van der Waals surface area contributed by atoms with Crippen LogP contribution in [0.25, 0.3) is 0 Å². The molecule has 0 spiro atoms. The van der Waals surface area contributed by atoms with Crippen molar-refractivity contribution in [2.45, 2.75) is 25.9 Å². The lowest BCUT2D eigenvalue weighted by Gasteiger charge is -2.41. The first kappa shape index (κ1) is 13.3. The van der Waals surface area contributed by atoms with E-state index in [0.29, 0.717) is 0 Å². The van der Waals surface area contributed by atoms with Gasteiger partial charge in [0.15, 0.2) is 5.76 Å². The Labute approximate surface area is 119 Å². The lowest BCUT2D eigenvalue weighted by Crippen LogP contribution is -2.56. The van der Waals surface area contributed by atoms with Gasteiger partial charge in [0, 0.05) is 25.7 Å². The van der Waals surface area contributed by atoms with Gasteiger partial charge in [0.25, 0.3) is 0 Å². The molecule has 1 aromatic heterocycles. The van der Waals surface area contributed by atoms with Crippen molar-refractivity contribution >= 4 is 0 Å². The van der Waals surface area contributed by atoms with E-state index in [1.807, 2.05) is 13.0 Å². The minimum absolute atomic E-state index is 0.00538. The summed E-state index contributed by atoms with van der Waals surface area (Å²) >= 11 is 0. The van der Waals surface area contributed by atoms with Gasteiger partial charge in [-0.2, -0.15) is 0 Å². The molecule has 4 nitrogen and oxygen atoms in total. The van der Waals surface area contributed by atoms with Crippen LogP contribution in [0.15, 0.2) is 40.9 Å². The molecule has 0 amide bonds. The maximum atomic E-state index is 5.33. The van der Waals surface area contributed by atoms with Crippen molar-refractivity contribution in [3.8, 4) is 0 Å². The minimum atomic E-state index is -0.00538. The molecule has 1 saturated heterocycles. The van der Waals surface area contributed by atoms with Crippen LogP contribution in [-0.2, 0) is 12.1 Å². The fourth-order valence-electron chi connectivity index (χ4n) is 2.92. The van der Waals surface area contributed by atoms with Crippen LogP contribution in [0.2, 0.25) is 0 Å². The largest absolute Gasteiger partial charge is 0.360 e. The summed E-state index contributed by atoms with van der Waals surface area (Å²) in [4.78, 5) is 2.42. The minimum Gasteiger partial charge on any atom is -0.360 e. The second-order valence-electron chi connectivity index (χ2n) is 5.77. The van der Waals surface area contributed by atoms with Crippen molar-refractivity contribution < 1.29 is 4.52 Å². The van der Waals surface area contributed by atoms with Crippen molar-refractivity contribution in [2.75, 3.05) is 19.6 Å². The van der Waals surface area contributed by atoms with Crippen molar-refractivity contribution in [3.63, 3.8) is 0 Å². The van der Waals surface area contributed by atoms with Gasteiger partial charge >= 0.3 is 0 Å². The van der Waals surface area contributed by atoms with Crippen LogP contribution >= 0.6 is 0 Å². The summed E-state index contributed by atoms with van der Waals surface area (Å²) in [6.45, 7) is 8.03. The molecular formula is C16H21N3O. The molecule has 1 aliphatic heterocycles. The Kier molecular flexibility index (Phi) is 3.59. The second-order valence-corrected chi connectivity index (χ2v) is 5.77. The van der Waals surface area contributed by atoms with E-state index in [9.17, 15) is 0 Å². The number of aryl methyl sites for hydroxylation is 1. The molecule has 1 N–H and O–H groups in total. The highest BCUT2D eigenvalue weighted by molar-refractivity contribution is 5.25. The van der Waals surface area contributed by atoms with E-state index in [1.165, 1.54) is 5.56 Å². The highest BCUT2D eigenvalue weighted by Crippen LogP contribution is 2.25. The first-order valence-corrected chi connectivity index (χ1v) is 7.11. The Morgan fingerprint density at radius 2 is 2.15 bits per heavy atom. The topological polar surface area (TPSA) is 41.3 Å². The van der Waals surface area contributed by atoms with Crippen LogP contribution in [0.1, 0.15) is 23.9 Å². The molecule has 106 valence electrons. The summed E-state index contributed by atoms with van der Waals surface area (Å²) in [6.07, 6.45) is 0. The molecule has 0 aliphatic carbocycles. The number of benzene rings is 1. The predicted octanol–water partition coefficient (Wildman–Crippen LogP) is 2.30. The third kappa shape index (κ3) is 2.76. The van der Waals surface area contributed by atoms with Crippen molar-refractivity contribution in [1.82, 2.24) is 15.4 Å². The van der Waals surface area contributed by atoms with E-state index in [2.05, 4.69) is 52.6 Å². The zero-order valence-corrected chi connectivity index (χ0v) is 12.1. The first-order chi connectivity index (χ1) is 9.66. The highest BCUT2D eigenvalue weighted by atomic mass is 16.5. The molecule has 0 bridgehead atoms. The van der Waals surface area contributed by atoms with Gasteiger partial charge in [-0.15, -0.1) is 0 Å². The maximum absolute atomic E-state index is 5.33. The van der Waals surface area contributed by atoms with Gasteiger partial charge in [-0.1, -0.05) is 35.5 Å². The zero-order valence-electron chi connectivity index (χ0n) is 12.1. The van der Waals surface area contributed by atoms with Crippen molar-refractivity contribution in [1.29, 1.82) is 0 Å². The van der Waals surface area contributed by atoms with Crippen molar-refractivity contribution in [3.05, 3.63) is 53.4 Å². The fraction of sp³-hybridized carbons (Fsp3) is 0.438. The molecule has 2 aromatic rings. The standard InChI is InChI=1S/C16H21N3O/c1-13-10-15(20-18-13)11-19-9-8-17-16(2,12-19)14-6-4-3-5-7-14/h3-7,10,17H,8-9,11-12H2,1-2H3. The van der Waals surface area contributed by atoms with Crippen LogP contribution in [0.3, 0.4) is 0 Å². The van der Waals surface area contributed by atoms with Crippen LogP contribution in [0.4, 0.5) is 0 Å². The van der Waals surface area contributed by atoms with Gasteiger partial charge < -0.3 is 9.84 Å². The van der Waals surface area contributed by atoms with E-state index in [4.69, 9.17) is 4.52 Å². The molecule has 0 saturated carbocycles. The number of rotatable bonds is 3. The second kappa shape index (κ2) is 5.38. The number of hydrogen-bond donors (Lipinski definition) is 1. The van der Waals surface area contributed by atoms with Gasteiger partial charge in [-0.3, -0.25) is 4.90 Å². The molecule has 0 radical (unpaired) electrons. The number of piperazine rings is 1. The molecule has 1 fully saturated rings. The van der Waals surface area contributed by atoms with Gasteiger partial charge in [-0.05, 0) is 19.4 Å². The summed E-state index contributed by atoms with van der Waals surface area (Å²) in [5.41, 5.74) is 2.27. The number of nitrogens with one attached hydrogen (secondary N) is 1. The van der Waals surface area contributed by atoms with E-state index in [-0.39, 0.29) is 5.54 Å². The van der Waals surface area contributed by atoms with Crippen LogP contribution < -0.4 is 5.32 Å². The summed E-state index contributed by atoms with van der Waals surface area (Å²) in [5, 5.41) is 7.60. The van der Waals surface area contributed by atoms with Crippen molar-refractivity contribution in [2.24, 2.45) is 0 Å². The number of hydrogen-bond acceptors (Lipinski definition) is 4. The number of nitrogens with zero attached hydrogens (tertiary/aromatic N) is 2. The summed E-state index contributed by atoms with van der Waals surface area (Å²) in [5.74, 6) is 0.944. The molecule has 4 heteroatoms. The summed E-state index contributed by atoms with van der Waals surface area (Å²) in [7, 11) is 0. The smallest absolute Gasteiger partial charge is 0.150 e.